The minimum absolute atomic E-state index is 0.576. The van der Waals surface area contributed by atoms with Crippen LogP contribution in [-0.4, -0.2) is 93.4 Å². The molecule has 60 heavy (non-hydrogen) atoms. The molecule has 0 saturated carbocycles. The van der Waals surface area contributed by atoms with E-state index in [2.05, 4.69) is 174 Å². The Morgan fingerprint density at radius 1 is 0.383 bits per heavy atom. The average Bonchev–Trinajstić information content (AvgIpc) is 3.68. The van der Waals surface area contributed by atoms with Crippen LogP contribution >= 0.6 is 0 Å². The summed E-state index contributed by atoms with van der Waals surface area (Å²) in [6, 6.07) is 42.4. The van der Waals surface area contributed by atoms with Gasteiger partial charge >= 0.3 is 0 Å². The van der Waals surface area contributed by atoms with Gasteiger partial charge in [-0.1, -0.05) is 118 Å². The first kappa shape index (κ1) is 39.3. The molecule has 0 fully saturated rings. The van der Waals surface area contributed by atoms with Crippen LogP contribution in [0, 0.1) is 0 Å². The highest BCUT2D eigenvalue weighted by Crippen LogP contribution is 2.42. The van der Waals surface area contributed by atoms with Gasteiger partial charge in [0.2, 0.25) is 0 Å². The second-order valence-electron chi connectivity index (χ2n) is 16.3. The Kier molecular flexibility index (Phi) is 10.1. The fourth-order valence-electron chi connectivity index (χ4n) is 8.99. The lowest BCUT2D eigenvalue weighted by atomic mass is 9.60. The molecule has 9 rings (SSSR count). The molecule has 0 aliphatic rings. The second-order valence-corrected chi connectivity index (χ2v) is 16.3. The molecule has 7 aromatic carbocycles. The third-order valence-electron chi connectivity index (χ3n) is 13.3. The molecule has 0 aliphatic heterocycles. The maximum Gasteiger partial charge on any atom is 0.167 e. The van der Waals surface area contributed by atoms with Gasteiger partial charge in [-0.15, -0.1) is 21.9 Å². The first-order chi connectivity index (χ1) is 28.9. The van der Waals surface area contributed by atoms with Gasteiger partial charge in [-0.25, -0.2) is 15.0 Å². The number of furan rings is 1. The van der Waals surface area contributed by atoms with E-state index in [0.29, 0.717) is 17.5 Å². The molecule has 0 bridgehead atoms. The molecule has 0 amide bonds. The van der Waals surface area contributed by atoms with Crippen molar-refractivity contribution in [2.75, 3.05) is 4.90 Å². The molecule has 0 unspecified atom stereocenters. The number of fused-ring (bicyclic) bond motifs is 3. The van der Waals surface area contributed by atoms with Crippen LogP contribution in [-0.2, 0) is 0 Å². The zero-order valence-electron chi connectivity index (χ0n) is 36.2. The van der Waals surface area contributed by atoms with E-state index < -0.39 is 0 Å². The SMILES string of the molecule is Bc1c(B)c(B)c(-c2nc(-c3ccccc3)nc(-c3ccc(-c4ccc(N(c5ccccc5)c5c(B)c(B)c(B)c(B)c5B)cc4)c4c3oc3ccccc34)n2)c(B)c1B. The molecule has 15 heteroatoms. The molecular weight excluding hydrogens is 721 g/mol. The van der Waals surface area contributed by atoms with E-state index in [1.165, 1.54) is 60.3 Å². The van der Waals surface area contributed by atoms with Crippen molar-refractivity contribution in [1.82, 2.24) is 15.0 Å². The Morgan fingerprint density at radius 3 is 1.50 bits per heavy atom. The molecule has 2 aromatic heterocycles. The fourth-order valence-corrected chi connectivity index (χ4v) is 8.99. The van der Waals surface area contributed by atoms with Crippen LogP contribution in [0.2, 0.25) is 0 Å². The van der Waals surface area contributed by atoms with Gasteiger partial charge in [-0.3, -0.25) is 0 Å². The van der Waals surface area contributed by atoms with Crippen molar-refractivity contribution in [2.45, 2.75) is 0 Å². The highest BCUT2D eigenvalue weighted by Gasteiger charge is 2.24. The van der Waals surface area contributed by atoms with Crippen molar-refractivity contribution >= 4 is 172 Å². The minimum atomic E-state index is 0.576. The molecule has 2 heterocycles. The lowest BCUT2D eigenvalue weighted by Gasteiger charge is -2.32. The van der Waals surface area contributed by atoms with Gasteiger partial charge in [0, 0.05) is 39.0 Å². The first-order valence-corrected chi connectivity index (χ1v) is 20.8. The second kappa shape index (κ2) is 15.4. The Morgan fingerprint density at radius 2 is 0.867 bits per heavy atom. The third kappa shape index (κ3) is 6.46. The third-order valence-corrected chi connectivity index (χ3v) is 13.3. The summed E-state index contributed by atoms with van der Waals surface area (Å²) in [5, 5.41) is 2.08. The number of hydrogen-bond acceptors (Lipinski definition) is 5. The van der Waals surface area contributed by atoms with Crippen LogP contribution in [0.5, 0.6) is 0 Å². The summed E-state index contributed by atoms with van der Waals surface area (Å²) >= 11 is 0. The number of aromatic nitrogens is 3. The van der Waals surface area contributed by atoms with Gasteiger partial charge in [0.05, 0.1) is 5.56 Å². The van der Waals surface area contributed by atoms with Gasteiger partial charge in [-0.2, -0.15) is 0 Å². The maximum atomic E-state index is 6.82. The highest BCUT2D eigenvalue weighted by molar-refractivity contribution is 6.70. The molecular formula is C45H40B10N4O. The summed E-state index contributed by atoms with van der Waals surface area (Å²) < 4.78 is 6.82. The van der Waals surface area contributed by atoms with Gasteiger partial charge in [0.15, 0.2) is 17.5 Å². The van der Waals surface area contributed by atoms with Gasteiger partial charge in [0.1, 0.15) is 89.6 Å². The fraction of sp³-hybridized carbons (Fsp3) is 0. The van der Waals surface area contributed by atoms with Crippen LogP contribution < -0.4 is 59.5 Å². The Balaban J connectivity index is 1.24. The minimum Gasteiger partial charge on any atom is -0.455 e. The normalized spacial score (nSPS) is 11.3. The molecule has 0 N–H and O–H groups in total. The molecule has 0 radical (unpaired) electrons. The molecule has 0 spiro atoms. The summed E-state index contributed by atoms with van der Waals surface area (Å²) in [6.45, 7) is 0. The summed E-state index contributed by atoms with van der Waals surface area (Å²) in [5.41, 5.74) is 22.8. The summed E-state index contributed by atoms with van der Waals surface area (Å²) in [6.07, 6.45) is 0. The van der Waals surface area contributed by atoms with Crippen molar-refractivity contribution in [2.24, 2.45) is 0 Å². The Hall–Kier alpha value is -6.20. The number of anilines is 3. The standard InChI is InChI=1S/C45H40B10N4O/c46-31-30(32(47)34(49)35(50)33(31)48)45-57-43(22-9-3-1-4-10-22)56-44(58-45)27-20-19-25(29-26-13-7-8-14-28(26)60-42(27)29)21-15-17-24(18-16-21)59(23-11-5-2-6-12-23)41-39(54)37(52)36(51)38(53)40(41)55/h1-20H,46-55H2. The summed E-state index contributed by atoms with van der Waals surface area (Å²) in [4.78, 5) is 18.0. The Bertz CT molecular complexity index is 3100. The van der Waals surface area contributed by atoms with Gasteiger partial charge in [0.25, 0.3) is 0 Å². The highest BCUT2D eigenvalue weighted by atomic mass is 16.3. The van der Waals surface area contributed by atoms with Crippen molar-refractivity contribution in [3.05, 3.63) is 121 Å². The van der Waals surface area contributed by atoms with Gasteiger partial charge < -0.3 is 9.32 Å². The number of para-hydroxylation sites is 2. The van der Waals surface area contributed by atoms with E-state index in [0.717, 1.165) is 61.1 Å². The lowest BCUT2D eigenvalue weighted by molar-refractivity contribution is 0.669. The quantitative estimate of drug-likeness (QED) is 0.152. The molecule has 276 valence electrons. The van der Waals surface area contributed by atoms with E-state index in [4.69, 9.17) is 19.4 Å². The van der Waals surface area contributed by atoms with E-state index in [1.807, 2.05) is 30.3 Å². The lowest BCUT2D eigenvalue weighted by Crippen LogP contribution is -2.56. The smallest absolute Gasteiger partial charge is 0.167 e. The summed E-state index contributed by atoms with van der Waals surface area (Å²) in [7, 11) is 22.1. The van der Waals surface area contributed by atoms with E-state index >= 15 is 0 Å². The molecule has 0 saturated heterocycles. The Labute approximate surface area is 361 Å². The average molecular weight is 761 g/mol. The van der Waals surface area contributed by atoms with Crippen LogP contribution in [0.4, 0.5) is 17.1 Å². The first-order valence-electron chi connectivity index (χ1n) is 20.8. The topological polar surface area (TPSA) is 55.1 Å². The largest absolute Gasteiger partial charge is 0.455 e. The van der Waals surface area contributed by atoms with Crippen molar-refractivity contribution in [3.8, 4) is 45.3 Å². The van der Waals surface area contributed by atoms with Crippen LogP contribution in [0.25, 0.3) is 67.2 Å². The van der Waals surface area contributed by atoms with Crippen LogP contribution in [0.3, 0.4) is 0 Å². The number of benzene rings is 7. The van der Waals surface area contributed by atoms with Crippen molar-refractivity contribution < 1.29 is 4.42 Å². The summed E-state index contributed by atoms with van der Waals surface area (Å²) in [5.74, 6) is 1.87. The molecule has 9 aromatic rings. The van der Waals surface area contributed by atoms with Gasteiger partial charge in [-0.05, 0) is 47.5 Å². The van der Waals surface area contributed by atoms with Crippen LogP contribution in [0.15, 0.2) is 126 Å². The van der Waals surface area contributed by atoms with Crippen molar-refractivity contribution in [1.29, 1.82) is 0 Å². The molecule has 0 atom stereocenters. The number of hydrogen-bond donors (Lipinski definition) is 0. The molecule has 0 aliphatic carbocycles. The number of nitrogens with zero attached hydrogens (tertiary/aromatic N) is 4. The van der Waals surface area contributed by atoms with Crippen LogP contribution in [0.1, 0.15) is 0 Å². The predicted octanol–water partition coefficient (Wildman–Crippen LogP) is -5.51. The predicted molar refractivity (Wildman–Crippen MR) is 285 cm³/mol. The van der Waals surface area contributed by atoms with E-state index in [1.54, 1.807) is 0 Å². The zero-order valence-corrected chi connectivity index (χ0v) is 36.2. The zero-order chi connectivity index (χ0) is 42.0. The number of rotatable bonds is 7. The molecule has 5 nitrogen and oxygen atoms in total. The van der Waals surface area contributed by atoms with E-state index in [-0.39, 0.29) is 0 Å². The van der Waals surface area contributed by atoms with E-state index in [9.17, 15) is 0 Å². The maximum absolute atomic E-state index is 6.82. The van der Waals surface area contributed by atoms with Crippen molar-refractivity contribution in [3.63, 3.8) is 0 Å². The monoisotopic (exact) mass is 762 g/mol.